The van der Waals surface area contributed by atoms with Crippen LogP contribution in [-0.4, -0.2) is 25.0 Å². The highest BCUT2D eigenvalue weighted by molar-refractivity contribution is 6.01. The molecule has 0 unspecified atom stereocenters. The van der Waals surface area contributed by atoms with Crippen LogP contribution in [0.25, 0.3) is 0 Å². The maximum atomic E-state index is 13.2. The smallest absolute Gasteiger partial charge is 0.326 e. The van der Waals surface area contributed by atoms with E-state index in [0.717, 1.165) is 48.4 Å². The Bertz CT molecular complexity index is 1080. The average Bonchev–Trinajstić information content (AvgIpc) is 3.40. The molecule has 0 aromatic heterocycles. The van der Waals surface area contributed by atoms with Gasteiger partial charge in [0.25, 0.3) is 0 Å². The van der Waals surface area contributed by atoms with E-state index in [1.165, 1.54) is 0 Å². The SMILES string of the molecule is Cc1ccc(NC(=O)N(CCNC(=O)C2CCCC2)c2ccc(Oc3ccccc3)cc2)cc1. The third-order valence-electron chi connectivity index (χ3n) is 6.04. The lowest BCUT2D eigenvalue weighted by atomic mass is 10.1. The summed E-state index contributed by atoms with van der Waals surface area (Å²) in [5.41, 5.74) is 2.57. The van der Waals surface area contributed by atoms with Crippen molar-refractivity contribution in [2.75, 3.05) is 23.3 Å². The van der Waals surface area contributed by atoms with E-state index < -0.39 is 0 Å². The molecule has 0 spiro atoms. The van der Waals surface area contributed by atoms with Gasteiger partial charge in [-0.25, -0.2) is 4.79 Å². The number of nitrogens with one attached hydrogen (secondary N) is 2. The lowest BCUT2D eigenvalue weighted by Gasteiger charge is -2.24. The molecule has 0 atom stereocenters. The Morgan fingerprint density at radius 2 is 1.53 bits per heavy atom. The number of hydrogen-bond donors (Lipinski definition) is 2. The van der Waals surface area contributed by atoms with E-state index in [1.807, 2.05) is 85.8 Å². The molecule has 6 heteroatoms. The summed E-state index contributed by atoms with van der Waals surface area (Å²) in [6.45, 7) is 2.75. The third kappa shape index (κ3) is 6.38. The summed E-state index contributed by atoms with van der Waals surface area (Å²) in [5, 5.41) is 5.97. The van der Waals surface area contributed by atoms with Gasteiger partial charge in [0.05, 0.1) is 0 Å². The number of carbonyl (C=O) groups excluding carboxylic acids is 2. The van der Waals surface area contributed by atoms with E-state index in [-0.39, 0.29) is 17.9 Å². The van der Waals surface area contributed by atoms with E-state index in [1.54, 1.807) is 4.90 Å². The van der Waals surface area contributed by atoms with Gasteiger partial charge in [-0.15, -0.1) is 0 Å². The van der Waals surface area contributed by atoms with Gasteiger partial charge < -0.3 is 15.4 Å². The molecule has 3 amide bonds. The second-order valence-corrected chi connectivity index (χ2v) is 8.63. The molecule has 2 N–H and O–H groups in total. The standard InChI is InChI=1S/C28H31N3O3/c1-21-11-13-23(14-12-21)30-28(33)31(20-19-29-27(32)22-7-5-6-8-22)24-15-17-26(18-16-24)34-25-9-3-2-4-10-25/h2-4,9-18,22H,5-8,19-20H2,1H3,(H,29,32)(H,30,33). The summed E-state index contributed by atoms with van der Waals surface area (Å²) in [6, 6.07) is 24.4. The van der Waals surface area contributed by atoms with Gasteiger partial charge in [0.1, 0.15) is 11.5 Å². The molecule has 6 nitrogen and oxygen atoms in total. The van der Waals surface area contributed by atoms with Gasteiger partial charge >= 0.3 is 6.03 Å². The van der Waals surface area contributed by atoms with E-state index in [9.17, 15) is 9.59 Å². The predicted octanol–water partition coefficient (Wildman–Crippen LogP) is 6.13. The number of ether oxygens (including phenoxy) is 1. The van der Waals surface area contributed by atoms with Crippen LogP contribution in [0, 0.1) is 12.8 Å². The van der Waals surface area contributed by atoms with Crippen LogP contribution < -0.4 is 20.3 Å². The van der Waals surface area contributed by atoms with E-state index in [4.69, 9.17) is 4.74 Å². The maximum absolute atomic E-state index is 13.2. The molecule has 0 heterocycles. The number of hydrogen-bond acceptors (Lipinski definition) is 3. The number of benzene rings is 3. The van der Waals surface area contributed by atoms with Crippen molar-refractivity contribution in [1.29, 1.82) is 0 Å². The van der Waals surface area contributed by atoms with Crippen molar-refractivity contribution in [2.24, 2.45) is 5.92 Å². The average molecular weight is 458 g/mol. The summed E-state index contributed by atoms with van der Waals surface area (Å²) in [5.74, 6) is 1.62. The van der Waals surface area contributed by atoms with Crippen LogP contribution in [0.15, 0.2) is 78.9 Å². The van der Waals surface area contributed by atoms with Crippen LogP contribution in [-0.2, 0) is 4.79 Å². The van der Waals surface area contributed by atoms with Crippen molar-refractivity contribution < 1.29 is 14.3 Å². The molecule has 1 aliphatic rings. The minimum atomic E-state index is -0.254. The van der Waals surface area contributed by atoms with Gasteiger partial charge in [-0.2, -0.15) is 0 Å². The Balaban J connectivity index is 1.44. The number of amides is 3. The summed E-state index contributed by atoms with van der Waals surface area (Å²) in [7, 11) is 0. The van der Waals surface area contributed by atoms with Gasteiger partial charge in [0.15, 0.2) is 0 Å². The zero-order valence-corrected chi connectivity index (χ0v) is 19.5. The van der Waals surface area contributed by atoms with E-state index >= 15 is 0 Å². The first kappa shape index (κ1) is 23.4. The number of para-hydroxylation sites is 1. The minimum Gasteiger partial charge on any atom is -0.457 e. The largest absolute Gasteiger partial charge is 0.457 e. The molecule has 3 aromatic rings. The van der Waals surface area contributed by atoms with Gasteiger partial charge in [0.2, 0.25) is 5.91 Å². The fraction of sp³-hybridized carbons (Fsp3) is 0.286. The predicted molar refractivity (Wildman–Crippen MR) is 135 cm³/mol. The van der Waals surface area contributed by atoms with Crippen LogP contribution in [0.3, 0.4) is 0 Å². The monoisotopic (exact) mass is 457 g/mol. The molecule has 3 aromatic carbocycles. The van der Waals surface area contributed by atoms with Gasteiger partial charge in [0, 0.05) is 30.4 Å². The van der Waals surface area contributed by atoms with Crippen molar-refractivity contribution in [3.63, 3.8) is 0 Å². The molecule has 1 fully saturated rings. The summed E-state index contributed by atoms with van der Waals surface area (Å²) in [4.78, 5) is 27.2. The Hall–Kier alpha value is -3.80. The number of aryl methyl sites for hydroxylation is 1. The number of urea groups is 1. The highest BCUT2D eigenvalue weighted by Gasteiger charge is 2.23. The van der Waals surface area contributed by atoms with Crippen molar-refractivity contribution in [3.05, 3.63) is 84.4 Å². The lowest BCUT2D eigenvalue weighted by molar-refractivity contribution is -0.124. The molecule has 0 radical (unpaired) electrons. The van der Waals surface area contributed by atoms with Crippen LogP contribution in [0.4, 0.5) is 16.2 Å². The molecule has 0 bridgehead atoms. The number of carbonyl (C=O) groups is 2. The highest BCUT2D eigenvalue weighted by atomic mass is 16.5. The molecule has 1 aliphatic carbocycles. The van der Waals surface area contributed by atoms with Crippen LogP contribution in [0.1, 0.15) is 31.2 Å². The number of anilines is 2. The summed E-state index contributed by atoms with van der Waals surface area (Å²) >= 11 is 0. The first-order valence-corrected chi connectivity index (χ1v) is 11.8. The molecule has 0 saturated heterocycles. The fourth-order valence-electron chi connectivity index (χ4n) is 4.12. The first-order chi connectivity index (χ1) is 16.6. The Morgan fingerprint density at radius 1 is 0.882 bits per heavy atom. The summed E-state index contributed by atoms with van der Waals surface area (Å²) in [6.07, 6.45) is 4.12. The van der Waals surface area contributed by atoms with Gasteiger partial charge in [-0.05, 0) is 68.3 Å². The van der Waals surface area contributed by atoms with Crippen molar-refractivity contribution in [3.8, 4) is 11.5 Å². The van der Waals surface area contributed by atoms with Crippen LogP contribution in [0.2, 0.25) is 0 Å². The van der Waals surface area contributed by atoms with Gasteiger partial charge in [-0.1, -0.05) is 48.7 Å². The molecular formula is C28H31N3O3. The molecule has 4 rings (SSSR count). The Kier molecular flexibility index (Phi) is 7.81. The third-order valence-corrected chi connectivity index (χ3v) is 6.04. The van der Waals surface area contributed by atoms with Crippen LogP contribution >= 0.6 is 0 Å². The Morgan fingerprint density at radius 3 is 2.21 bits per heavy atom. The van der Waals surface area contributed by atoms with Crippen molar-refractivity contribution in [1.82, 2.24) is 5.32 Å². The fourth-order valence-corrected chi connectivity index (χ4v) is 4.12. The second-order valence-electron chi connectivity index (χ2n) is 8.63. The number of rotatable bonds is 8. The van der Waals surface area contributed by atoms with Crippen molar-refractivity contribution >= 4 is 23.3 Å². The molecule has 0 aliphatic heterocycles. The maximum Gasteiger partial charge on any atom is 0.326 e. The highest BCUT2D eigenvalue weighted by Crippen LogP contribution is 2.26. The number of nitrogens with zero attached hydrogens (tertiary/aromatic N) is 1. The van der Waals surface area contributed by atoms with Crippen LogP contribution in [0.5, 0.6) is 11.5 Å². The zero-order chi connectivity index (χ0) is 23.8. The molecule has 34 heavy (non-hydrogen) atoms. The van der Waals surface area contributed by atoms with Gasteiger partial charge in [-0.3, -0.25) is 9.69 Å². The lowest BCUT2D eigenvalue weighted by Crippen LogP contribution is -2.42. The Labute approximate surface area is 200 Å². The zero-order valence-electron chi connectivity index (χ0n) is 19.5. The quantitative estimate of drug-likeness (QED) is 0.427. The first-order valence-electron chi connectivity index (χ1n) is 11.8. The molecular weight excluding hydrogens is 426 g/mol. The van der Waals surface area contributed by atoms with E-state index in [2.05, 4.69) is 10.6 Å². The molecule has 1 saturated carbocycles. The van der Waals surface area contributed by atoms with Crippen molar-refractivity contribution in [2.45, 2.75) is 32.6 Å². The normalized spacial score (nSPS) is 13.3. The topological polar surface area (TPSA) is 70.7 Å². The second kappa shape index (κ2) is 11.4. The molecule has 176 valence electrons. The van der Waals surface area contributed by atoms with E-state index in [0.29, 0.717) is 18.8 Å². The summed E-state index contributed by atoms with van der Waals surface area (Å²) < 4.78 is 5.87. The minimum absolute atomic E-state index is 0.0861.